The number of carbonyl (C=O) groups excluding carboxylic acids is 4. The van der Waals surface area contributed by atoms with E-state index in [1.54, 1.807) is 0 Å². The lowest BCUT2D eigenvalue weighted by atomic mass is 10.1. The molecule has 0 radical (unpaired) electrons. The van der Waals surface area contributed by atoms with Gasteiger partial charge in [0.2, 0.25) is 17.7 Å². The summed E-state index contributed by atoms with van der Waals surface area (Å²) in [6, 6.07) is 0.351. The van der Waals surface area contributed by atoms with Crippen molar-refractivity contribution in [3.63, 3.8) is 0 Å². The fourth-order valence-electron chi connectivity index (χ4n) is 2.90. The lowest BCUT2D eigenvalue weighted by Gasteiger charge is -2.19. The van der Waals surface area contributed by atoms with Crippen LogP contribution in [0.1, 0.15) is 29.6 Å². The third kappa shape index (κ3) is 7.03. The maximum atomic E-state index is 13.1. The fraction of sp³-hybridized carbons (Fsp3) is 0.444. The maximum Gasteiger partial charge on any atom is 0.271 e. The maximum absolute atomic E-state index is 13.1. The van der Waals surface area contributed by atoms with Gasteiger partial charge in [-0.1, -0.05) is 0 Å². The van der Waals surface area contributed by atoms with Crippen molar-refractivity contribution in [3.05, 3.63) is 31.4 Å². The summed E-state index contributed by atoms with van der Waals surface area (Å²) in [4.78, 5) is 60.7. The number of nitro benzene ring substituents is 1. The van der Waals surface area contributed by atoms with Crippen LogP contribution in [0.2, 0.25) is 0 Å². The molecule has 1 heterocycles. The van der Waals surface area contributed by atoms with Gasteiger partial charge in [-0.05, 0) is 48.4 Å². The zero-order valence-corrected chi connectivity index (χ0v) is 19.9. The van der Waals surface area contributed by atoms with Crippen LogP contribution in [0, 0.1) is 13.7 Å². The fourth-order valence-corrected chi connectivity index (χ4v) is 5.06. The van der Waals surface area contributed by atoms with Gasteiger partial charge in [-0.3, -0.25) is 29.3 Å². The Labute approximate surface area is 201 Å². The molecule has 0 saturated heterocycles. The van der Waals surface area contributed by atoms with Gasteiger partial charge < -0.3 is 27.4 Å². The molecule has 0 bridgehead atoms. The number of nitrogens with two attached hydrogens (primary N) is 2. The number of carbonyl (C=O) groups is 4. The monoisotopic (exact) mass is 578 g/mol. The number of nitro groups is 1. The van der Waals surface area contributed by atoms with Crippen LogP contribution in [-0.4, -0.2) is 59.5 Å². The van der Waals surface area contributed by atoms with E-state index >= 15 is 0 Å². The first kappa shape index (κ1) is 25.8. The largest absolute Gasteiger partial charge is 0.368 e. The third-order valence-corrected chi connectivity index (χ3v) is 6.99. The van der Waals surface area contributed by atoms with E-state index in [4.69, 9.17) is 11.5 Å². The van der Waals surface area contributed by atoms with Crippen LogP contribution < -0.4 is 27.4 Å². The Hall–Kier alpha value is -2.46. The number of amides is 4. The number of unbranched alkanes of at least 4 members (excludes halogenated alkanes) is 1. The van der Waals surface area contributed by atoms with Crippen LogP contribution in [-0.2, 0) is 14.4 Å². The second-order valence-corrected chi connectivity index (χ2v) is 9.12. The van der Waals surface area contributed by atoms with E-state index in [9.17, 15) is 29.3 Å². The predicted octanol–water partition coefficient (Wildman–Crippen LogP) is -0.381. The molecule has 14 heteroatoms. The van der Waals surface area contributed by atoms with E-state index in [-0.39, 0.29) is 23.4 Å². The van der Waals surface area contributed by atoms with Crippen LogP contribution >= 0.6 is 34.4 Å². The second-order valence-electron chi connectivity index (χ2n) is 6.92. The predicted molar refractivity (Wildman–Crippen MR) is 125 cm³/mol. The Bertz CT molecular complexity index is 929. The number of nitrogens with one attached hydrogen (secondary N) is 3. The summed E-state index contributed by atoms with van der Waals surface area (Å²) >= 11 is 2.91. The van der Waals surface area contributed by atoms with Crippen molar-refractivity contribution in [2.24, 2.45) is 11.5 Å². The molecule has 1 aromatic rings. The highest BCUT2D eigenvalue weighted by atomic mass is 127. The lowest BCUT2D eigenvalue weighted by Crippen LogP contribution is -2.51. The van der Waals surface area contributed by atoms with Crippen LogP contribution in [0.4, 0.5) is 5.69 Å². The van der Waals surface area contributed by atoms with E-state index in [0.29, 0.717) is 27.9 Å². The average Bonchev–Trinajstić information content (AvgIpc) is 2.74. The number of fused-ring (bicyclic) bond motifs is 1. The number of primary amides is 1. The smallest absolute Gasteiger partial charge is 0.271 e. The summed E-state index contributed by atoms with van der Waals surface area (Å²) in [6.07, 6.45) is 1.42. The minimum Gasteiger partial charge on any atom is -0.368 e. The number of hydrogen-bond donors (Lipinski definition) is 5. The molecule has 0 saturated carbocycles. The van der Waals surface area contributed by atoms with Crippen molar-refractivity contribution in [3.8, 4) is 0 Å². The molecule has 1 aliphatic rings. The van der Waals surface area contributed by atoms with Crippen LogP contribution in [0.3, 0.4) is 0 Å². The van der Waals surface area contributed by atoms with Gasteiger partial charge in [-0.2, -0.15) is 0 Å². The highest BCUT2D eigenvalue weighted by Gasteiger charge is 2.28. The Morgan fingerprint density at radius 3 is 2.59 bits per heavy atom. The van der Waals surface area contributed by atoms with Crippen molar-refractivity contribution >= 4 is 63.7 Å². The van der Waals surface area contributed by atoms with E-state index < -0.39 is 47.2 Å². The number of non-ortho nitro benzene ring substituents is 1. The van der Waals surface area contributed by atoms with E-state index in [0.717, 1.165) is 17.8 Å². The van der Waals surface area contributed by atoms with E-state index in [1.165, 1.54) is 6.07 Å². The highest BCUT2D eigenvalue weighted by Crippen LogP contribution is 2.33. The summed E-state index contributed by atoms with van der Waals surface area (Å²) in [5.41, 5.74) is 10.6. The van der Waals surface area contributed by atoms with Crippen molar-refractivity contribution in [2.75, 3.05) is 18.8 Å². The highest BCUT2D eigenvalue weighted by molar-refractivity contribution is 14.1. The molecule has 2 atom stereocenters. The van der Waals surface area contributed by atoms with Crippen molar-refractivity contribution in [2.45, 2.75) is 36.2 Å². The summed E-state index contributed by atoms with van der Waals surface area (Å²) in [5.74, 6) is -2.71. The van der Waals surface area contributed by atoms with Gasteiger partial charge in [0.25, 0.3) is 11.6 Å². The number of halogens is 1. The molecule has 7 N–H and O–H groups in total. The molecule has 12 nitrogen and oxygen atoms in total. The standard InChI is InChI=1S/C18H23IN6O6S/c19-11-6-9(25(30)31)5-10-15(11)32-8-13(16(21)27)23-14(26)7-22-18(29)12(24-17(10)28)3-1-2-4-20/h5-6,12-13H,1-4,7-8,20H2,(H2,21,27)(H,22,29)(H,23,26)(H,24,28)/t12-,13-/m0/s1. The molecule has 1 aromatic carbocycles. The Morgan fingerprint density at radius 1 is 1.25 bits per heavy atom. The molecule has 0 aromatic heterocycles. The SMILES string of the molecule is NCCCC[C@@H]1NC(=O)c2cc([N+](=O)[O-])cc(I)c2SC[C@@H](C(N)=O)NC(=O)CNC1=O. The van der Waals surface area contributed by atoms with E-state index in [2.05, 4.69) is 16.0 Å². The molecule has 32 heavy (non-hydrogen) atoms. The average molecular weight is 578 g/mol. The topological polar surface area (TPSA) is 200 Å². The minimum absolute atomic E-state index is 0.0109. The lowest BCUT2D eigenvalue weighted by molar-refractivity contribution is -0.385. The summed E-state index contributed by atoms with van der Waals surface area (Å²) in [7, 11) is 0. The molecule has 0 aliphatic carbocycles. The Kier molecular flexibility index (Phi) is 9.64. The van der Waals surface area contributed by atoms with E-state index in [1.807, 2.05) is 22.6 Å². The number of nitrogens with zero attached hydrogens (tertiary/aromatic N) is 1. The van der Waals surface area contributed by atoms with Crippen molar-refractivity contribution < 1.29 is 24.1 Å². The van der Waals surface area contributed by atoms with Gasteiger partial charge in [0, 0.05) is 26.4 Å². The number of benzene rings is 1. The first-order valence-corrected chi connectivity index (χ1v) is 11.7. The van der Waals surface area contributed by atoms with Crippen LogP contribution in [0.15, 0.2) is 17.0 Å². The summed E-state index contributed by atoms with van der Waals surface area (Å²) in [5, 5.41) is 18.8. The van der Waals surface area contributed by atoms with Gasteiger partial charge in [0.05, 0.1) is 17.0 Å². The van der Waals surface area contributed by atoms with Crippen LogP contribution in [0.5, 0.6) is 0 Å². The van der Waals surface area contributed by atoms with Gasteiger partial charge in [-0.15, -0.1) is 11.8 Å². The number of rotatable bonds is 6. The van der Waals surface area contributed by atoms with Gasteiger partial charge >= 0.3 is 0 Å². The van der Waals surface area contributed by atoms with Gasteiger partial charge in [0.15, 0.2) is 0 Å². The quantitative estimate of drug-likeness (QED) is 0.130. The van der Waals surface area contributed by atoms with Crippen molar-refractivity contribution in [1.82, 2.24) is 16.0 Å². The molecule has 1 aliphatic heterocycles. The second kappa shape index (κ2) is 12.0. The molecule has 4 amide bonds. The zero-order chi connectivity index (χ0) is 23.8. The molecular formula is C18H23IN6O6S. The molecule has 174 valence electrons. The number of hydrogen-bond acceptors (Lipinski definition) is 8. The summed E-state index contributed by atoms with van der Waals surface area (Å²) < 4.78 is 0.403. The van der Waals surface area contributed by atoms with Gasteiger partial charge in [-0.25, -0.2) is 0 Å². The first-order chi connectivity index (χ1) is 15.1. The summed E-state index contributed by atoms with van der Waals surface area (Å²) in [6.45, 7) is -0.00441. The first-order valence-electron chi connectivity index (χ1n) is 9.62. The Balaban J connectivity index is 2.49. The zero-order valence-electron chi connectivity index (χ0n) is 16.9. The number of thioether (sulfide) groups is 1. The van der Waals surface area contributed by atoms with Crippen LogP contribution in [0.25, 0.3) is 0 Å². The normalized spacial score (nSPS) is 19.9. The van der Waals surface area contributed by atoms with Gasteiger partial charge in [0.1, 0.15) is 12.1 Å². The molecular weight excluding hydrogens is 555 g/mol. The Morgan fingerprint density at radius 2 is 1.97 bits per heavy atom. The third-order valence-electron chi connectivity index (χ3n) is 4.55. The van der Waals surface area contributed by atoms with Crippen molar-refractivity contribution in [1.29, 1.82) is 0 Å². The molecule has 0 spiro atoms. The molecule has 0 unspecified atom stereocenters. The minimum atomic E-state index is -1.08. The molecule has 2 rings (SSSR count). The molecule has 0 fully saturated rings.